The molecule has 2 atom stereocenters. The molecule has 0 saturated heterocycles. The highest BCUT2D eigenvalue weighted by Crippen LogP contribution is 2.39. The molecule has 15 heavy (non-hydrogen) atoms. The maximum atomic E-state index is 5.94. The van der Waals surface area contributed by atoms with Crippen molar-refractivity contribution < 1.29 is 4.74 Å². The Kier molecular flexibility index (Phi) is 4.60. The van der Waals surface area contributed by atoms with Crippen LogP contribution in [0.2, 0.25) is 0 Å². The van der Waals surface area contributed by atoms with Crippen LogP contribution in [0, 0.1) is 11.3 Å². The summed E-state index contributed by atoms with van der Waals surface area (Å²) in [6.07, 6.45) is 3.11. The van der Waals surface area contributed by atoms with Gasteiger partial charge in [-0.2, -0.15) is 0 Å². The van der Waals surface area contributed by atoms with Crippen molar-refractivity contribution in [3.63, 3.8) is 0 Å². The third-order valence-electron chi connectivity index (χ3n) is 3.13. The van der Waals surface area contributed by atoms with Gasteiger partial charge in [-0.15, -0.1) is 0 Å². The molecule has 1 fully saturated rings. The van der Waals surface area contributed by atoms with Crippen LogP contribution in [0.15, 0.2) is 0 Å². The Bertz CT molecular complexity index is 181. The van der Waals surface area contributed by atoms with E-state index in [9.17, 15) is 0 Å². The first-order valence-electron chi connectivity index (χ1n) is 6.35. The fourth-order valence-electron chi connectivity index (χ4n) is 2.26. The SMILES string of the molecule is CCNC(C(OCC)C1CC1)C(C)(C)C. The van der Waals surface area contributed by atoms with Crippen molar-refractivity contribution in [2.75, 3.05) is 13.2 Å². The van der Waals surface area contributed by atoms with E-state index in [2.05, 4.69) is 39.9 Å². The van der Waals surface area contributed by atoms with Gasteiger partial charge in [0, 0.05) is 12.6 Å². The van der Waals surface area contributed by atoms with E-state index in [1.807, 2.05) is 0 Å². The highest BCUT2D eigenvalue weighted by molar-refractivity contribution is 4.95. The standard InChI is InChI=1S/C13H27NO/c1-6-14-12(13(3,4)5)11(15-7-2)10-8-9-10/h10-12,14H,6-9H2,1-5H3. The second-order valence-electron chi connectivity index (χ2n) is 5.66. The average Bonchev–Trinajstić information content (AvgIpc) is 2.92. The molecule has 0 bridgehead atoms. The molecule has 1 rings (SSSR count). The predicted octanol–water partition coefficient (Wildman–Crippen LogP) is 2.83. The largest absolute Gasteiger partial charge is 0.377 e. The van der Waals surface area contributed by atoms with Gasteiger partial charge in [0.25, 0.3) is 0 Å². The zero-order chi connectivity index (χ0) is 11.5. The van der Waals surface area contributed by atoms with E-state index in [0.29, 0.717) is 12.1 Å². The van der Waals surface area contributed by atoms with E-state index < -0.39 is 0 Å². The fourth-order valence-corrected chi connectivity index (χ4v) is 2.26. The van der Waals surface area contributed by atoms with Crippen LogP contribution < -0.4 is 5.32 Å². The lowest BCUT2D eigenvalue weighted by molar-refractivity contribution is -0.0106. The number of likely N-dealkylation sites (N-methyl/N-ethyl adjacent to an activating group) is 1. The van der Waals surface area contributed by atoms with Gasteiger partial charge in [-0.25, -0.2) is 0 Å². The van der Waals surface area contributed by atoms with Crippen LogP contribution in [-0.4, -0.2) is 25.3 Å². The molecule has 0 aliphatic heterocycles. The summed E-state index contributed by atoms with van der Waals surface area (Å²) in [6.45, 7) is 13.0. The molecule has 2 unspecified atom stereocenters. The summed E-state index contributed by atoms with van der Waals surface area (Å²) in [7, 11) is 0. The van der Waals surface area contributed by atoms with E-state index in [-0.39, 0.29) is 5.41 Å². The smallest absolute Gasteiger partial charge is 0.0761 e. The number of rotatable bonds is 6. The lowest BCUT2D eigenvalue weighted by Gasteiger charge is -2.37. The van der Waals surface area contributed by atoms with Crippen LogP contribution in [0.25, 0.3) is 0 Å². The molecule has 1 aliphatic rings. The molecule has 0 heterocycles. The molecule has 1 saturated carbocycles. The first-order chi connectivity index (χ1) is 7.00. The van der Waals surface area contributed by atoms with Crippen molar-refractivity contribution in [2.45, 2.75) is 59.6 Å². The van der Waals surface area contributed by atoms with E-state index >= 15 is 0 Å². The Labute approximate surface area is 94.8 Å². The lowest BCUT2D eigenvalue weighted by Crippen LogP contribution is -2.50. The van der Waals surface area contributed by atoms with Crippen molar-refractivity contribution in [1.29, 1.82) is 0 Å². The van der Waals surface area contributed by atoms with Crippen LogP contribution in [0.5, 0.6) is 0 Å². The molecule has 0 aromatic rings. The van der Waals surface area contributed by atoms with Crippen LogP contribution >= 0.6 is 0 Å². The number of nitrogens with one attached hydrogen (secondary N) is 1. The summed E-state index contributed by atoms with van der Waals surface area (Å²) in [5.74, 6) is 0.799. The van der Waals surface area contributed by atoms with E-state index in [1.54, 1.807) is 0 Å². The van der Waals surface area contributed by atoms with Crippen molar-refractivity contribution >= 4 is 0 Å². The molecule has 2 heteroatoms. The molecular weight excluding hydrogens is 186 g/mol. The van der Waals surface area contributed by atoms with Gasteiger partial charge in [0.15, 0.2) is 0 Å². The van der Waals surface area contributed by atoms with Crippen molar-refractivity contribution in [2.24, 2.45) is 11.3 Å². The maximum Gasteiger partial charge on any atom is 0.0761 e. The third kappa shape index (κ3) is 3.76. The van der Waals surface area contributed by atoms with Crippen LogP contribution in [0.4, 0.5) is 0 Å². The van der Waals surface area contributed by atoms with Crippen molar-refractivity contribution in [1.82, 2.24) is 5.32 Å². The first-order valence-corrected chi connectivity index (χ1v) is 6.35. The second-order valence-corrected chi connectivity index (χ2v) is 5.66. The molecule has 1 aliphatic carbocycles. The van der Waals surface area contributed by atoms with Crippen LogP contribution in [-0.2, 0) is 4.74 Å². The predicted molar refractivity (Wildman–Crippen MR) is 65.1 cm³/mol. The maximum absolute atomic E-state index is 5.94. The summed E-state index contributed by atoms with van der Waals surface area (Å²) >= 11 is 0. The monoisotopic (exact) mass is 213 g/mol. The average molecular weight is 213 g/mol. The van der Waals surface area contributed by atoms with Gasteiger partial charge in [0.2, 0.25) is 0 Å². The van der Waals surface area contributed by atoms with Gasteiger partial charge < -0.3 is 10.1 Å². The minimum atomic E-state index is 0.276. The minimum Gasteiger partial charge on any atom is -0.377 e. The van der Waals surface area contributed by atoms with Crippen molar-refractivity contribution in [3.05, 3.63) is 0 Å². The van der Waals surface area contributed by atoms with Crippen LogP contribution in [0.1, 0.15) is 47.5 Å². The quantitative estimate of drug-likeness (QED) is 0.732. The third-order valence-corrected chi connectivity index (χ3v) is 3.13. The van der Waals surface area contributed by atoms with Gasteiger partial charge in [0.1, 0.15) is 0 Å². The molecule has 1 N–H and O–H groups in total. The molecular formula is C13H27NO. The summed E-state index contributed by atoms with van der Waals surface area (Å²) in [5, 5.41) is 3.60. The Hall–Kier alpha value is -0.0800. The lowest BCUT2D eigenvalue weighted by atomic mass is 9.81. The molecule has 0 amide bonds. The van der Waals surface area contributed by atoms with Crippen molar-refractivity contribution in [3.8, 4) is 0 Å². The second kappa shape index (κ2) is 5.31. The summed E-state index contributed by atoms with van der Waals surface area (Å²) in [4.78, 5) is 0. The molecule has 0 radical (unpaired) electrons. The van der Waals surface area contributed by atoms with Gasteiger partial charge in [-0.05, 0) is 37.6 Å². The van der Waals surface area contributed by atoms with Gasteiger partial charge in [-0.3, -0.25) is 0 Å². The van der Waals surface area contributed by atoms with Crippen LogP contribution in [0.3, 0.4) is 0 Å². The van der Waals surface area contributed by atoms with E-state index in [1.165, 1.54) is 12.8 Å². The Morgan fingerprint density at radius 3 is 2.20 bits per heavy atom. The van der Waals surface area contributed by atoms with E-state index in [4.69, 9.17) is 4.74 Å². The molecule has 2 nitrogen and oxygen atoms in total. The summed E-state index contributed by atoms with van der Waals surface area (Å²) in [5.41, 5.74) is 0.276. The Morgan fingerprint density at radius 2 is 1.87 bits per heavy atom. The summed E-state index contributed by atoms with van der Waals surface area (Å²) < 4.78 is 5.94. The van der Waals surface area contributed by atoms with E-state index in [0.717, 1.165) is 19.1 Å². The summed E-state index contributed by atoms with van der Waals surface area (Å²) in [6, 6.07) is 0.481. The number of ether oxygens (including phenoxy) is 1. The van der Waals surface area contributed by atoms with Gasteiger partial charge >= 0.3 is 0 Å². The highest BCUT2D eigenvalue weighted by atomic mass is 16.5. The molecule has 0 spiro atoms. The highest BCUT2D eigenvalue weighted by Gasteiger charge is 2.41. The molecule has 0 aromatic heterocycles. The van der Waals surface area contributed by atoms with Gasteiger partial charge in [0.05, 0.1) is 6.10 Å². The zero-order valence-electron chi connectivity index (χ0n) is 11.0. The minimum absolute atomic E-state index is 0.276. The zero-order valence-corrected chi connectivity index (χ0v) is 11.0. The Balaban J connectivity index is 2.65. The normalized spacial score (nSPS) is 21.4. The fraction of sp³-hybridized carbons (Fsp3) is 1.00. The molecule has 0 aromatic carbocycles. The Morgan fingerprint density at radius 1 is 1.27 bits per heavy atom. The first kappa shape index (κ1) is 13.0. The topological polar surface area (TPSA) is 21.3 Å². The number of hydrogen-bond donors (Lipinski definition) is 1. The van der Waals surface area contributed by atoms with Gasteiger partial charge in [-0.1, -0.05) is 27.7 Å². The number of hydrogen-bond acceptors (Lipinski definition) is 2. The molecule has 90 valence electrons.